The standard InChI is InChI=1S/C27H28ClF4N3O2/c1-16(2)26(33)34-35-12-10-19(14-17(35)3)21-8-9-22(28)24(23(21)31)37-13-11-27(32,15-29)25(36)18-4-6-20(30)7-5-18/h4-10,12,14,16,25,36H,3,11,13,15H2,1-2H3,(H2,33,34). The molecule has 5 nitrogen and oxygen atoms in total. The van der Waals surface area contributed by atoms with Crippen molar-refractivity contribution in [3.05, 3.63) is 94.8 Å². The van der Waals surface area contributed by atoms with Crippen LogP contribution in [-0.2, 0) is 0 Å². The van der Waals surface area contributed by atoms with Crippen LogP contribution in [0.5, 0.6) is 5.75 Å². The van der Waals surface area contributed by atoms with Gasteiger partial charge in [0.25, 0.3) is 0 Å². The van der Waals surface area contributed by atoms with Gasteiger partial charge in [0.05, 0.1) is 17.3 Å². The molecule has 2 aromatic carbocycles. The zero-order chi connectivity index (χ0) is 27.3. The van der Waals surface area contributed by atoms with E-state index in [1.807, 2.05) is 13.8 Å². The fraction of sp³-hybridized carbons (Fsp3) is 0.296. The zero-order valence-corrected chi connectivity index (χ0v) is 21.2. The molecular formula is C27H28ClF4N3O2. The number of rotatable bonds is 10. The minimum atomic E-state index is -2.74. The van der Waals surface area contributed by atoms with Crippen molar-refractivity contribution in [3.63, 3.8) is 0 Å². The zero-order valence-electron chi connectivity index (χ0n) is 20.4. The Labute approximate surface area is 218 Å². The molecule has 2 unspecified atom stereocenters. The van der Waals surface area contributed by atoms with Crippen LogP contribution in [0.4, 0.5) is 17.6 Å². The first-order valence-electron chi connectivity index (χ1n) is 11.5. The maximum atomic E-state index is 15.4. The summed E-state index contributed by atoms with van der Waals surface area (Å²) in [6.07, 6.45) is 2.29. The number of nitrogens with zero attached hydrogens (tertiary/aromatic N) is 2. The van der Waals surface area contributed by atoms with Gasteiger partial charge in [0.2, 0.25) is 0 Å². The van der Waals surface area contributed by atoms with E-state index in [2.05, 4.69) is 11.7 Å². The third-order valence-electron chi connectivity index (χ3n) is 5.85. The molecule has 3 rings (SSSR count). The van der Waals surface area contributed by atoms with E-state index in [1.54, 1.807) is 18.4 Å². The maximum absolute atomic E-state index is 15.4. The minimum Gasteiger partial charge on any atom is -0.489 e. The Bertz CT molecular complexity index is 1230. The summed E-state index contributed by atoms with van der Waals surface area (Å²) in [5, 5.41) is 16.0. The van der Waals surface area contributed by atoms with E-state index in [0.717, 1.165) is 24.3 Å². The van der Waals surface area contributed by atoms with E-state index in [9.17, 15) is 13.9 Å². The van der Waals surface area contributed by atoms with Crippen molar-refractivity contribution >= 4 is 23.0 Å². The molecule has 0 saturated heterocycles. The highest BCUT2D eigenvalue weighted by Gasteiger charge is 2.39. The van der Waals surface area contributed by atoms with Gasteiger partial charge in [-0.05, 0) is 47.6 Å². The number of aliphatic hydroxyl groups is 1. The lowest BCUT2D eigenvalue weighted by Crippen LogP contribution is -2.36. The molecule has 0 amide bonds. The molecule has 0 bridgehead atoms. The van der Waals surface area contributed by atoms with Crippen LogP contribution >= 0.6 is 11.6 Å². The predicted molar refractivity (Wildman–Crippen MR) is 137 cm³/mol. The number of hydrazone groups is 1. The Balaban J connectivity index is 1.76. The van der Waals surface area contributed by atoms with E-state index in [-0.39, 0.29) is 27.8 Å². The number of allylic oxidation sites excluding steroid dienone is 3. The number of halogens is 5. The van der Waals surface area contributed by atoms with Crippen LogP contribution in [0.2, 0.25) is 5.02 Å². The monoisotopic (exact) mass is 537 g/mol. The summed E-state index contributed by atoms with van der Waals surface area (Å²) in [6, 6.07) is 7.25. The van der Waals surface area contributed by atoms with E-state index >= 15 is 8.78 Å². The van der Waals surface area contributed by atoms with E-state index in [0.29, 0.717) is 17.1 Å². The quantitative estimate of drug-likeness (QED) is 0.207. The predicted octanol–water partition coefficient (Wildman–Crippen LogP) is 6.45. The highest BCUT2D eigenvalue weighted by atomic mass is 35.5. The van der Waals surface area contributed by atoms with Gasteiger partial charge in [-0.3, -0.25) is 0 Å². The van der Waals surface area contributed by atoms with Crippen molar-refractivity contribution in [3.8, 4) is 5.75 Å². The van der Waals surface area contributed by atoms with Gasteiger partial charge >= 0.3 is 0 Å². The van der Waals surface area contributed by atoms with Crippen LogP contribution in [0, 0.1) is 17.6 Å². The van der Waals surface area contributed by atoms with Gasteiger partial charge in [0.1, 0.15) is 24.4 Å². The van der Waals surface area contributed by atoms with Crippen LogP contribution in [0.25, 0.3) is 5.57 Å². The molecule has 0 fully saturated rings. The Morgan fingerprint density at radius 2 is 1.89 bits per heavy atom. The van der Waals surface area contributed by atoms with Gasteiger partial charge in [-0.1, -0.05) is 44.2 Å². The number of hydrogen-bond donors (Lipinski definition) is 2. The largest absolute Gasteiger partial charge is 0.489 e. The summed E-state index contributed by atoms with van der Waals surface area (Å²) in [7, 11) is 0. The second-order valence-electron chi connectivity index (χ2n) is 8.89. The molecular weight excluding hydrogens is 510 g/mol. The molecule has 1 heterocycles. The summed E-state index contributed by atoms with van der Waals surface area (Å²) in [6.45, 7) is 5.68. The van der Waals surface area contributed by atoms with Crippen molar-refractivity contribution in [2.45, 2.75) is 32.0 Å². The number of ether oxygens (including phenoxy) is 1. The van der Waals surface area contributed by atoms with Gasteiger partial charge in [0, 0.05) is 24.1 Å². The van der Waals surface area contributed by atoms with Gasteiger partial charge in [-0.15, -0.1) is 0 Å². The molecule has 0 radical (unpaired) electrons. The Kier molecular flexibility index (Phi) is 9.04. The Morgan fingerprint density at radius 3 is 2.49 bits per heavy atom. The second-order valence-corrected chi connectivity index (χ2v) is 9.30. The van der Waals surface area contributed by atoms with E-state index in [1.165, 1.54) is 17.1 Å². The number of hydrogen-bond acceptors (Lipinski definition) is 4. The van der Waals surface area contributed by atoms with E-state index in [4.69, 9.17) is 22.1 Å². The van der Waals surface area contributed by atoms with Crippen molar-refractivity contribution in [2.24, 2.45) is 16.8 Å². The molecule has 37 heavy (non-hydrogen) atoms. The molecule has 0 spiro atoms. The average molecular weight is 538 g/mol. The van der Waals surface area contributed by atoms with Gasteiger partial charge < -0.3 is 15.6 Å². The van der Waals surface area contributed by atoms with Crippen LogP contribution in [0.15, 0.2) is 72.1 Å². The van der Waals surface area contributed by atoms with Crippen molar-refractivity contribution in [1.29, 1.82) is 0 Å². The highest BCUT2D eigenvalue weighted by Crippen LogP contribution is 2.37. The number of nitrogens with two attached hydrogens (primary N) is 1. The summed E-state index contributed by atoms with van der Waals surface area (Å²) < 4.78 is 62.8. The van der Waals surface area contributed by atoms with Gasteiger partial charge in [0.15, 0.2) is 17.2 Å². The van der Waals surface area contributed by atoms with Gasteiger partial charge in [-0.25, -0.2) is 22.6 Å². The lowest BCUT2D eigenvalue weighted by atomic mass is 9.91. The molecule has 2 atom stereocenters. The number of aliphatic hydroxyl groups excluding tert-OH is 1. The third-order valence-corrected chi connectivity index (χ3v) is 6.15. The maximum Gasteiger partial charge on any atom is 0.174 e. The van der Waals surface area contributed by atoms with Crippen molar-refractivity contribution in [1.82, 2.24) is 5.01 Å². The smallest absolute Gasteiger partial charge is 0.174 e. The van der Waals surface area contributed by atoms with Crippen LogP contribution in [-0.4, -0.2) is 34.9 Å². The topological polar surface area (TPSA) is 71.1 Å². The first-order chi connectivity index (χ1) is 17.5. The first kappa shape index (κ1) is 28.3. The summed E-state index contributed by atoms with van der Waals surface area (Å²) >= 11 is 6.12. The molecule has 198 valence electrons. The van der Waals surface area contributed by atoms with Crippen molar-refractivity contribution < 1.29 is 27.4 Å². The highest BCUT2D eigenvalue weighted by molar-refractivity contribution is 6.32. The Morgan fingerprint density at radius 1 is 1.22 bits per heavy atom. The molecule has 0 saturated carbocycles. The molecule has 3 N–H and O–H groups in total. The summed E-state index contributed by atoms with van der Waals surface area (Å²) in [4.78, 5) is 0. The fourth-order valence-electron chi connectivity index (χ4n) is 3.48. The normalized spacial score (nSPS) is 16.6. The molecule has 2 aromatic rings. The fourth-order valence-corrected chi connectivity index (χ4v) is 3.68. The number of benzene rings is 2. The lowest BCUT2D eigenvalue weighted by molar-refractivity contribution is -0.0400. The second kappa shape index (κ2) is 11.8. The number of alkyl halides is 2. The van der Waals surface area contributed by atoms with Gasteiger partial charge in [-0.2, -0.15) is 5.10 Å². The Hall–Kier alpha value is -3.30. The summed E-state index contributed by atoms with van der Waals surface area (Å²) in [5.41, 5.74) is 4.19. The summed E-state index contributed by atoms with van der Waals surface area (Å²) in [5.74, 6) is -1.31. The third kappa shape index (κ3) is 6.53. The first-order valence-corrected chi connectivity index (χ1v) is 11.9. The van der Waals surface area contributed by atoms with Crippen LogP contribution in [0.1, 0.15) is 37.5 Å². The molecule has 1 aliphatic heterocycles. The molecule has 0 aliphatic carbocycles. The number of amidine groups is 1. The van der Waals surface area contributed by atoms with Crippen molar-refractivity contribution in [2.75, 3.05) is 13.3 Å². The molecule has 10 heteroatoms. The van der Waals surface area contributed by atoms with E-state index < -0.39 is 43.1 Å². The SMILES string of the molecule is C=C1C=C(c2ccc(Cl)c(OCCC(F)(CF)C(O)c3ccc(F)cc3)c2F)C=CN1/N=C(/N)C(C)C. The lowest BCUT2D eigenvalue weighted by Gasteiger charge is -2.28. The van der Waals surface area contributed by atoms with Crippen LogP contribution < -0.4 is 10.5 Å². The molecule has 0 aromatic heterocycles. The average Bonchev–Trinajstić information content (AvgIpc) is 2.87. The van der Waals surface area contributed by atoms with Crippen LogP contribution in [0.3, 0.4) is 0 Å². The minimum absolute atomic E-state index is 0.00228. The molecule has 1 aliphatic rings.